The van der Waals surface area contributed by atoms with Crippen LogP contribution in [0.2, 0.25) is 0 Å². The number of guanidine groups is 1. The van der Waals surface area contributed by atoms with Crippen LogP contribution in [0.15, 0.2) is 29.3 Å². The third kappa shape index (κ3) is 7.39. The Morgan fingerprint density at radius 1 is 1.24 bits per heavy atom. The van der Waals surface area contributed by atoms with E-state index in [2.05, 4.69) is 51.7 Å². The van der Waals surface area contributed by atoms with Gasteiger partial charge in [0.1, 0.15) is 0 Å². The number of rotatable bonds is 5. The van der Waals surface area contributed by atoms with Crippen LogP contribution in [-0.4, -0.2) is 49.8 Å². The number of nitrogens with zero attached hydrogens (tertiary/aromatic N) is 2. The average Bonchev–Trinajstić information content (AvgIpc) is 2.56. The third-order valence-electron chi connectivity index (χ3n) is 4.27. The zero-order valence-corrected chi connectivity index (χ0v) is 16.9. The summed E-state index contributed by atoms with van der Waals surface area (Å²) in [7, 11) is 1.56. The highest BCUT2D eigenvalue weighted by molar-refractivity contribution is 14.0. The molecule has 1 atom stereocenters. The van der Waals surface area contributed by atoms with Gasteiger partial charge in [-0.2, -0.15) is 13.2 Å². The van der Waals surface area contributed by atoms with E-state index in [0.29, 0.717) is 12.5 Å². The van der Waals surface area contributed by atoms with E-state index in [0.717, 1.165) is 19.5 Å². The molecule has 1 aliphatic heterocycles. The Morgan fingerprint density at radius 3 is 2.56 bits per heavy atom. The fourth-order valence-electron chi connectivity index (χ4n) is 2.81. The largest absolute Gasteiger partial charge is 0.390 e. The molecule has 0 fully saturated rings. The van der Waals surface area contributed by atoms with Crippen LogP contribution in [-0.2, 0) is 13.0 Å². The lowest BCUT2D eigenvalue weighted by atomic mass is 9.99. The quantitative estimate of drug-likeness (QED) is 0.395. The number of halogens is 4. The van der Waals surface area contributed by atoms with Gasteiger partial charge in [0.15, 0.2) is 5.96 Å². The highest BCUT2D eigenvalue weighted by Gasteiger charge is 2.26. The zero-order chi connectivity index (χ0) is 17.6. The Morgan fingerprint density at radius 2 is 1.92 bits per heavy atom. The molecule has 1 unspecified atom stereocenters. The maximum absolute atomic E-state index is 12.2. The number of nitrogens with one attached hydrogen (secondary N) is 2. The van der Waals surface area contributed by atoms with Crippen LogP contribution in [0, 0.1) is 0 Å². The van der Waals surface area contributed by atoms with Gasteiger partial charge in [0.2, 0.25) is 0 Å². The Hall–Kier alpha value is -1.03. The van der Waals surface area contributed by atoms with Gasteiger partial charge in [-0.25, -0.2) is 0 Å². The fourth-order valence-corrected chi connectivity index (χ4v) is 2.81. The molecule has 2 N–H and O–H groups in total. The number of hydrogen-bond donors (Lipinski definition) is 2. The van der Waals surface area contributed by atoms with Gasteiger partial charge in [-0.1, -0.05) is 24.3 Å². The first-order chi connectivity index (χ1) is 11.4. The van der Waals surface area contributed by atoms with E-state index in [-0.39, 0.29) is 36.6 Å². The second kappa shape index (κ2) is 10.2. The van der Waals surface area contributed by atoms with E-state index < -0.39 is 12.6 Å². The maximum atomic E-state index is 12.2. The summed E-state index contributed by atoms with van der Waals surface area (Å²) in [5.74, 6) is 0.406. The molecule has 1 aromatic carbocycles. The fraction of sp³-hybridized carbons (Fsp3) is 0.588. The summed E-state index contributed by atoms with van der Waals surface area (Å²) in [5, 5.41) is 5.81. The summed E-state index contributed by atoms with van der Waals surface area (Å²) in [6.07, 6.45) is -3.99. The van der Waals surface area contributed by atoms with Crippen LogP contribution >= 0.6 is 24.0 Å². The molecule has 0 aromatic heterocycles. The van der Waals surface area contributed by atoms with Crippen LogP contribution < -0.4 is 10.6 Å². The Labute approximate surface area is 164 Å². The van der Waals surface area contributed by atoms with E-state index in [1.807, 2.05) is 0 Å². The molecule has 0 saturated carbocycles. The molecule has 25 heavy (non-hydrogen) atoms. The molecule has 4 nitrogen and oxygen atoms in total. The molecule has 1 aromatic rings. The van der Waals surface area contributed by atoms with Gasteiger partial charge in [-0.3, -0.25) is 9.89 Å². The molecule has 142 valence electrons. The smallest absolute Gasteiger partial charge is 0.356 e. The average molecular weight is 470 g/mol. The summed E-state index contributed by atoms with van der Waals surface area (Å²) in [5.41, 5.74) is 2.75. The minimum Gasteiger partial charge on any atom is -0.356 e. The first-order valence-corrected chi connectivity index (χ1v) is 8.21. The van der Waals surface area contributed by atoms with Gasteiger partial charge in [-0.15, -0.1) is 24.0 Å². The number of hydrogen-bond acceptors (Lipinski definition) is 2. The molecule has 0 aliphatic carbocycles. The lowest BCUT2D eigenvalue weighted by molar-refractivity contribution is -0.132. The molecular formula is C17H26F3IN4. The summed E-state index contributed by atoms with van der Waals surface area (Å²) < 4.78 is 36.5. The van der Waals surface area contributed by atoms with Crippen molar-refractivity contribution in [2.24, 2.45) is 4.99 Å². The van der Waals surface area contributed by atoms with Crippen molar-refractivity contribution >= 4 is 29.9 Å². The summed E-state index contributed by atoms with van der Waals surface area (Å²) >= 11 is 0. The SMILES string of the molecule is CN=C(NCCC(F)(F)F)NCC(C)N1CCc2ccccc2C1.I. The molecule has 0 radical (unpaired) electrons. The van der Waals surface area contributed by atoms with Gasteiger partial charge in [0.05, 0.1) is 6.42 Å². The van der Waals surface area contributed by atoms with Crippen molar-refractivity contribution in [1.82, 2.24) is 15.5 Å². The summed E-state index contributed by atoms with van der Waals surface area (Å²) in [6, 6.07) is 8.70. The van der Waals surface area contributed by atoms with Crippen LogP contribution in [0.5, 0.6) is 0 Å². The second-order valence-electron chi connectivity index (χ2n) is 6.08. The van der Waals surface area contributed by atoms with E-state index >= 15 is 0 Å². The Balaban J connectivity index is 0.00000312. The van der Waals surface area contributed by atoms with Crippen molar-refractivity contribution < 1.29 is 13.2 Å². The van der Waals surface area contributed by atoms with Crippen molar-refractivity contribution in [2.75, 3.05) is 26.7 Å². The zero-order valence-electron chi connectivity index (χ0n) is 14.6. The van der Waals surface area contributed by atoms with Crippen LogP contribution in [0.4, 0.5) is 13.2 Å². The van der Waals surface area contributed by atoms with Gasteiger partial charge >= 0.3 is 6.18 Å². The molecular weight excluding hydrogens is 444 g/mol. The monoisotopic (exact) mass is 470 g/mol. The predicted molar refractivity (Wildman–Crippen MR) is 105 cm³/mol. The second-order valence-corrected chi connectivity index (χ2v) is 6.08. The Kier molecular flexibility index (Phi) is 8.98. The topological polar surface area (TPSA) is 39.7 Å². The predicted octanol–water partition coefficient (Wildman–Crippen LogP) is 3.17. The Bertz CT molecular complexity index is 563. The van der Waals surface area contributed by atoms with E-state index in [9.17, 15) is 13.2 Å². The van der Waals surface area contributed by atoms with Crippen LogP contribution in [0.25, 0.3) is 0 Å². The molecule has 0 spiro atoms. The molecule has 0 saturated heterocycles. The van der Waals surface area contributed by atoms with Crippen molar-refractivity contribution in [2.45, 2.75) is 38.5 Å². The molecule has 0 amide bonds. The first kappa shape index (κ1) is 22.0. The van der Waals surface area contributed by atoms with E-state index in [4.69, 9.17) is 0 Å². The van der Waals surface area contributed by atoms with Gasteiger partial charge in [0, 0.05) is 39.3 Å². The molecule has 1 aliphatic rings. The highest BCUT2D eigenvalue weighted by Crippen LogP contribution is 2.20. The normalized spacial score (nSPS) is 16.6. The standard InChI is InChI=1S/C17H25F3N4.HI/c1-13(11-23-16(21-2)22-9-8-17(18,19)20)24-10-7-14-5-3-4-6-15(14)12-24;/h3-6,13H,7-12H2,1-2H3,(H2,21,22,23);1H. The van der Waals surface area contributed by atoms with Gasteiger partial charge < -0.3 is 10.6 Å². The van der Waals surface area contributed by atoms with Crippen molar-refractivity contribution in [3.63, 3.8) is 0 Å². The molecule has 0 bridgehead atoms. The number of alkyl halides is 3. The summed E-state index contributed by atoms with van der Waals surface area (Å²) in [6.45, 7) is 4.46. The van der Waals surface area contributed by atoms with E-state index in [1.165, 1.54) is 11.1 Å². The van der Waals surface area contributed by atoms with Crippen molar-refractivity contribution in [1.29, 1.82) is 0 Å². The number of benzene rings is 1. The van der Waals surface area contributed by atoms with Crippen LogP contribution in [0.1, 0.15) is 24.5 Å². The lowest BCUT2D eigenvalue weighted by Gasteiger charge is -2.34. The van der Waals surface area contributed by atoms with Gasteiger partial charge in [-0.05, 0) is 24.5 Å². The molecule has 1 heterocycles. The lowest BCUT2D eigenvalue weighted by Crippen LogP contribution is -2.47. The highest BCUT2D eigenvalue weighted by atomic mass is 127. The van der Waals surface area contributed by atoms with E-state index in [1.54, 1.807) is 7.05 Å². The minimum atomic E-state index is -4.15. The molecule has 8 heteroatoms. The van der Waals surface area contributed by atoms with Crippen LogP contribution in [0.3, 0.4) is 0 Å². The molecule has 2 rings (SSSR count). The maximum Gasteiger partial charge on any atom is 0.390 e. The van der Waals surface area contributed by atoms with Crippen molar-refractivity contribution in [3.8, 4) is 0 Å². The third-order valence-corrected chi connectivity index (χ3v) is 4.27. The summed E-state index contributed by atoms with van der Waals surface area (Å²) in [4.78, 5) is 6.34. The number of fused-ring (bicyclic) bond motifs is 1. The first-order valence-electron chi connectivity index (χ1n) is 8.21. The van der Waals surface area contributed by atoms with Crippen molar-refractivity contribution in [3.05, 3.63) is 35.4 Å². The minimum absolute atomic E-state index is 0. The van der Waals surface area contributed by atoms with Gasteiger partial charge in [0.25, 0.3) is 0 Å². The number of aliphatic imine (C=N–C) groups is 1.